The van der Waals surface area contributed by atoms with Crippen molar-refractivity contribution in [2.75, 3.05) is 86.9 Å². The van der Waals surface area contributed by atoms with Crippen LogP contribution in [-0.2, 0) is 55.1 Å². The summed E-state index contributed by atoms with van der Waals surface area (Å²) >= 11 is 12.5. The molecule has 2 amide bonds. The van der Waals surface area contributed by atoms with Crippen LogP contribution in [0.5, 0.6) is 0 Å². The molecule has 4 saturated heterocycles. The number of likely N-dealkylation sites (tertiary alicyclic amines) is 1. The van der Waals surface area contributed by atoms with Crippen LogP contribution in [0.15, 0.2) is 48.8 Å². The summed E-state index contributed by atoms with van der Waals surface area (Å²) in [7, 11) is 7.43. The molecule has 8 N–H and O–H groups in total. The summed E-state index contributed by atoms with van der Waals surface area (Å²) in [5, 5.41) is 43.0. The summed E-state index contributed by atoms with van der Waals surface area (Å²) in [6, 6.07) is 11.4. The van der Waals surface area contributed by atoms with E-state index in [1.807, 2.05) is 36.4 Å². The predicted molar refractivity (Wildman–Crippen MR) is 302 cm³/mol. The van der Waals surface area contributed by atoms with Crippen LogP contribution in [0.1, 0.15) is 102 Å². The van der Waals surface area contributed by atoms with Crippen molar-refractivity contribution >= 4 is 84.5 Å². The minimum absolute atomic E-state index is 0. The van der Waals surface area contributed by atoms with Crippen LogP contribution in [0.4, 0.5) is 23.5 Å². The second-order valence-electron chi connectivity index (χ2n) is 20.4. The van der Waals surface area contributed by atoms with E-state index in [0.717, 1.165) is 134 Å². The molecule has 27 heteroatoms. The van der Waals surface area contributed by atoms with E-state index in [0.29, 0.717) is 68.9 Å². The van der Waals surface area contributed by atoms with Gasteiger partial charge >= 0.3 is 41.5 Å². The van der Waals surface area contributed by atoms with Crippen molar-refractivity contribution < 1.29 is 83.3 Å². The van der Waals surface area contributed by atoms with Crippen LogP contribution in [0.25, 0.3) is 0 Å². The first kappa shape index (κ1) is 66.4. The quantitative estimate of drug-likeness (QED) is 0.0496. The van der Waals surface area contributed by atoms with Crippen LogP contribution in [-0.4, -0.2) is 157 Å². The minimum Gasteiger partial charge on any atom is -0.793 e. The summed E-state index contributed by atoms with van der Waals surface area (Å²) in [4.78, 5) is 88.3. The van der Waals surface area contributed by atoms with E-state index in [1.54, 1.807) is 12.4 Å². The van der Waals surface area contributed by atoms with Gasteiger partial charge in [-0.2, -0.15) is 9.97 Å². The molecule has 0 bridgehead atoms. The van der Waals surface area contributed by atoms with Crippen molar-refractivity contribution in [2.45, 2.75) is 97.7 Å². The molecule has 2 saturated carbocycles. The number of nitrogens with one attached hydrogen (secondary N) is 5. The van der Waals surface area contributed by atoms with Gasteiger partial charge in [-0.3, -0.25) is 14.4 Å². The number of amides is 2. The van der Waals surface area contributed by atoms with Gasteiger partial charge in [-0.05, 0) is 130 Å². The van der Waals surface area contributed by atoms with Gasteiger partial charge in [0.25, 0.3) is 11.8 Å². The molecule has 81 heavy (non-hydrogen) atoms. The average molecular weight is 1170 g/mol. The second-order valence-corrected chi connectivity index (χ2v) is 21.2. The zero-order valence-corrected chi connectivity index (χ0v) is 50.4. The number of aliphatic hydroxyl groups excluding tert-OH is 3. The third-order valence-corrected chi connectivity index (χ3v) is 14.9. The normalized spacial score (nSPS) is 19.4. The van der Waals surface area contributed by atoms with Gasteiger partial charge in [0.05, 0.1) is 13.2 Å². The Bertz CT molecular complexity index is 2710. The van der Waals surface area contributed by atoms with E-state index in [-0.39, 0.29) is 66.7 Å². The average Bonchev–Trinajstić information content (AvgIpc) is 4.37. The van der Waals surface area contributed by atoms with Crippen molar-refractivity contribution in [3.05, 3.63) is 92.2 Å². The molecule has 4 aromatic rings. The van der Waals surface area contributed by atoms with Gasteiger partial charge in [-0.25, -0.2) is 29.3 Å². The van der Waals surface area contributed by atoms with Crippen molar-refractivity contribution in [2.24, 2.45) is 23.7 Å². The number of aliphatic hydroxyl groups is 3. The smallest absolute Gasteiger partial charge is 0.793 e. The van der Waals surface area contributed by atoms with Gasteiger partial charge in [0.15, 0.2) is 0 Å². The fourth-order valence-corrected chi connectivity index (χ4v) is 10.1. The monoisotopic (exact) mass is 1170 g/mol. The van der Waals surface area contributed by atoms with Crippen LogP contribution >= 0.6 is 23.2 Å². The van der Waals surface area contributed by atoms with Crippen molar-refractivity contribution in [3.8, 4) is 0 Å². The zero-order chi connectivity index (χ0) is 57.9. The van der Waals surface area contributed by atoms with Crippen molar-refractivity contribution in [1.82, 2.24) is 40.8 Å². The first-order valence-corrected chi connectivity index (χ1v) is 27.4. The molecular weight excluding hydrogens is 1100 g/mol. The Morgan fingerprint density at radius 2 is 1.04 bits per heavy atom. The summed E-state index contributed by atoms with van der Waals surface area (Å²) in [6.45, 7) is 12.0. The number of hydrogen-bond donors (Lipinski definition) is 8. The number of hydrogen-bond acceptors (Lipinski definition) is 21. The topological polar surface area (TPSA) is 295 Å². The van der Waals surface area contributed by atoms with Crippen molar-refractivity contribution in [1.29, 1.82) is 0 Å². The molecule has 0 spiro atoms. The maximum Gasteiger partial charge on any atom is 1.00 e. The van der Waals surface area contributed by atoms with Gasteiger partial charge in [0.1, 0.15) is 22.8 Å². The molecule has 6 heterocycles. The molecule has 4 aliphatic heterocycles. The maximum atomic E-state index is 13.1. The van der Waals surface area contributed by atoms with Gasteiger partial charge < -0.3 is 69.3 Å². The molecule has 4 unspecified atom stereocenters. The summed E-state index contributed by atoms with van der Waals surface area (Å²) in [5.41, 5.74) is 4.18. The van der Waals surface area contributed by atoms with E-state index in [2.05, 4.69) is 80.8 Å². The number of piperidine rings is 4. The van der Waals surface area contributed by atoms with Gasteiger partial charge in [0.2, 0.25) is 17.9 Å². The molecule has 6 aliphatic rings. The molecule has 10 rings (SSSR count). The van der Waals surface area contributed by atoms with E-state index < -0.39 is 17.9 Å². The summed E-state index contributed by atoms with van der Waals surface area (Å²) in [6.07, 6.45) is 9.63. The van der Waals surface area contributed by atoms with Gasteiger partial charge in [-0.15, -0.1) is 0 Å². The van der Waals surface area contributed by atoms with Crippen LogP contribution in [0.3, 0.4) is 0 Å². The van der Waals surface area contributed by atoms with Crippen LogP contribution in [0, 0.1) is 23.7 Å². The van der Waals surface area contributed by atoms with Crippen molar-refractivity contribution in [3.63, 3.8) is 0 Å². The molecule has 2 aromatic heterocycles. The zero-order valence-electron chi connectivity index (χ0n) is 46.9. The molecule has 4 atom stereocenters. The van der Waals surface area contributed by atoms with E-state index in [4.69, 9.17) is 38.3 Å². The summed E-state index contributed by atoms with van der Waals surface area (Å²) < 4.78 is 3.61. The molecular formula is C54H73BCl2N12NaO11. The standard InChI is InChI=1S/C24H31ClN6O2.C23H29ClN6O2.C4H6O4.C2H3BO2.CH4O.Na/c1-30-6-4-19(5-7-30)28-23(33)20-11-27-24(31-12-17-9-18(17)13-31)29-22(20)26-10-15-2-3-16(14-32)21(25)8-15;24-20-7-14(1-2-15(20)13-31)9-26-21-19(22(32)28-18-3-5-25-6-4-18)10-27-23(29-21)30-11-16-8-17(16)12-30;1-3(5)7-8-4(2)6;1-2(4)5-3;1-2;/h2-3,8,11,17-19,32H,4-7,9-10,12-14H2,1H3,(H,28,33)(H,26,27,29);1-2,7,10,16-18,25,31H,3-6,8-9,11-13H2,(H,28,32)(H,26,27,29);1-2H3;1H3;2H,1H3;/q;;;-1;;+1. The first-order chi connectivity index (χ1) is 38.5. The van der Waals surface area contributed by atoms with E-state index in [9.17, 15) is 34.2 Å². The number of fused-ring (bicyclic) bond motifs is 2. The summed E-state index contributed by atoms with van der Waals surface area (Å²) in [5.74, 6) is 3.45. The molecule has 2 aromatic carbocycles. The Hall–Kier alpha value is -5.41. The third kappa shape index (κ3) is 20.8. The SMILES string of the molecule is CC(=O)OOC(C)=O.CN1CCC(NC(=O)c2cnc(N3CC4CC4C3)nc2NCc2ccc(CO)c(Cl)c2)CC1.CO.O=C(NC1CCNCC1)c1cnc(N2CC3CC3C2)nc1NCc1ccc(CO)c(Cl)c1.[B-]OC(C)=O.[Na+]. The van der Waals surface area contributed by atoms with Crippen LogP contribution < -0.4 is 65.9 Å². The van der Waals surface area contributed by atoms with Gasteiger partial charge in [-0.1, -0.05) is 47.5 Å². The predicted octanol–water partition coefficient (Wildman–Crippen LogP) is 0.960. The number of halogens is 2. The van der Waals surface area contributed by atoms with E-state index >= 15 is 0 Å². The second kappa shape index (κ2) is 33.0. The Balaban J connectivity index is 0.000000236. The number of carbonyl (C=O) groups is 5. The number of benzene rings is 2. The Kier molecular flexibility index (Phi) is 27.1. The molecule has 6 fully saturated rings. The Morgan fingerprint density at radius 1 is 0.654 bits per heavy atom. The first-order valence-electron chi connectivity index (χ1n) is 26.7. The van der Waals surface area contributed by atoms with E-state index in [1.165, 1.54) is 19.8 Å². The number of nitrogens with zero attached hydrogens (tertiary/aromatic N) is 7. The molecule has 23 nitrogen and oxygen atoms in total. The third-order valence-electron chi connectivity index (χ3n) is 14.2. The minimum atomic E-state index is -0.639. The van der Waals surface area contributed by atoms with Gasteiger partial charge in [0, 0.05) is 102 Å². The van der Waals surface area contributed by atoms with Crippen LogP contribution in [0.2, 0.25) is 10.0 Å². The fraction of sp³-hybridized carbons (Fsp3) is 0.537. The number of aromatic nitrogens is 4. The number of anilines is 4. The fourth-order valence-electron chi connectivity index (χ4n) is 9.57. The molecule has 433 valence electrons. The number of rotatable bonds is 14. The number of carbonyl (C=O) groups excluding carboxylic acids is 5. The maximum absolute atomic E-state index is 13.1. The molecule has 3 radical (unpaired) electrons. The Labute approximate surface area is 506 Å². The molecule has 2 aliphatic carbocycles. The largest absolute Gasteiger partial charge is 1.00 e. The Morgan fingerprint density at radius 3 is 1.38 bits per heavy atom.